The zero-order valence-electron chi connectivity index (χ0n) is 10.1. The molecule has 1 aromatic heterocycles. The summed E-state index contributed by atoms with van der Waals surface area (Å²) in [6.45, 7) is 0. The van der Waals surface area contributed by atoms with E-state index in [1.54, 1.807) is 0 Å². The maximum absolute atomic E-state index is 12.2. The number of nitrogens with one attached hydrogen (secondary N) is 2. The van der Waals surface area contributed by atoms with Crippen LogP contribution in [0.5, 0.6) is 0 Å². The topological polar surface area (TPSA) is 127 Å². The van der Waals surface area contributed by atoms with Gasteiger partial charge in [-0.3, -0.25) is 14.8 Å². The van der Waals surface area contributed by atoms with Gasteiger partial charge in [0.1, 0.15) is 9.90 Å². The molecule has 0 unspecified atom stereocenters. The van der Waals surface area contributed by atoms with E-state index in [9.17, 15) is 18.5 Å². The molecular formula is C9H9N5O4S2. The lowest BCUT2D eigenvalue weighted by atomic mass is 10.3. The molecule has 11 heteroatoms. The molecule has 1 heterocycles. The van der Waals surface area contributed by atoms with Crippen LogP contribution in [-0.4, -0.2) is 30.0 Å². The maximum Gasteiger partial charge on any atom is 0.270 e. The van der Waals surface area contributed by atoms with Crippen molar-refractivity contribution in [3.8, 4) is 0 Å². The van der Waals surface area contributed by atoms with Gasteiger partial charge in [-0.25, -0.2) is 8.42 Å². The summed E-state index contributed by atoms with van der Waals surface area (Å²) in [5, 5.41) is 17.2. The number of rotatable bonds is 5. The molecule has 2 N–H and O–H groups in total. The molecule has 0 bridgehead atoms. The summed E-state index contributed by atoms with van der Waals surface area (Å²) < 4.78 is 30.3. The molecule has 0 aliphatic carbocycles. The van der Waals surface area contributed by atoms with Gasteiger partial charge in [0.2, 0.25) is 0 Å². The van der Waals surface area contributed by atoms with Crippen LogP contribution in [-0.2, 0) is 10.0 Å². The lowest BCUT2D eigenvalue weighted by Gasteiger charge is -2.10. The second kappa shape index (κ2) is 5.38. The van der Waals surface area contributed by atoms with Gasteiger partial charge in [-0.2, -0.15) is 0 Å². The van der Waals surface area contributed by atoms with E-state index in [4.69, 9.17) is 0 Å². The highest BCUT2D eigenvalue weighted by atomic mass is 32.2. The van der Waals surface area contributed by atoms with E-state index in [-0.39, 0.29) is 21.3 Å². The monoisotopic (exact) mass is 315 g/mol. The van der Waals surface area contributed by atoms with E-state index in [1.165, 1.54) is 25.4 Å². The molecule has 20 heavy (non-hydrogen) atoms. The van der Waals surface area contributed by atoms with Gasteiger partial charge in [0.25, 0.3) is 15.7 Å². The number of aromatic nitrogens is 2. The van der Waals surface area contributed by atoms with Crippen molar-refractivity contribution in [2.45, 2.75) is 4.90 Å². The first-order chi connectivity index (χ1) is 9.44. The lowest BCUT2D eigenvalue weighted by molar-refractivity contribution is -0.385. The van der Waals surface area contributed by atoms with Gasteiger partial charge >= 0.3 is 0 Å². The number of anilines is 2. The third-order valence-electron chi connectivity index (χ3n) is 2.33. The number of sulfonamides is 1. The Kier molecular flexibility index (Phi) is 3.81. The summed E-state index contributed by atoms with van der Waals surface area (Å²) in [6, 6.07) is 3.54. The average molecular weight is 315 g/mol. The van der Waals surface area contributed by atoms with E-state index < -0.39 is 14.9 Å². The molecule has 0 fully saturated rings. The van der Waals surface area contributed by atoms with Crippen molar-refractivity contribution in [2.24, 2.45) is 0 Å². The average Bonchev–Trinajstić information content (AvgIpc) is 2.90. The molecule has 106 valence electrons. The van der Waals surface area contributed by atoms with E-state index >= 15 is 0 Å². The Balaban J connectivity index is 2.48. The molecule has 2 rings (SSSR count). The number of nitro benzene ring substituents is 1. The minimum atomic E-state index is -3.97. The Hall–Kier alpha value is -2.27. The first-order valence-electron chi connectivity index (χ1n) is 5.20. The first-order valence-corrected chi connectivity index (χ1v) is 7.46. The van der Waals surface area contributed by atoms with Gasteiger partial charge in [0.05, 0.1) is 16.8 Å². The van der Waals surface area contributed by atoms with Gasteiger partial charge < -0.3 is 5.32 Å². The summed E-state index contributed by atoms with van der Waals surface area (Å²) in [6.07, 6.45) is 1.25. The largest absolute Gasteiger partial charge is 0.387 e. The number of nitro groups is 1. The highest BCUT2D eigenvalue weighted by molar-refractivity contribution is 7.93. The van der Waals surface area contributed by atoms with Crippen LogP contribution in [0, 0.1) is 10.1 Å². The van der Waals surface area contributed by atoms with Crippen LogP contribution >= 0.6 is 11.5 Å². The Morgan fingerprint density at radius 1 is 1.40 bits per heavy atom. The number of non-ortho nitro benzene ring substituents is 1. The minimum absolute atomic E-state index is 0.220. The van der Waals surface area contributed by atoms with Crippen molar-refractivity contribution in [1.29, 1.82) is 0 Å². The van der Waals surface area contributed by atoms with Crippen LogP contribution in [0.15, 0.2) is 29.3 Å². The van der Waals surface area contributed by atoms with Gasteiger partial charge in [-0.05, 0) is 6.07 Å². The molecule has 0 aliphatic rings. The van der Waals surface area contributed by atoms with Crippen molar-refractivity contribution in [2.75, 3.05) is 17.1 Å². The van der Waals surface area contributed by atoms with Crippen molar-refractivity contribution >= 4 is 37.9 Å². The molecule has 0 saturated carbocycles. The van der Waals surface area contributed by atoms with Crippen LogP contribution < -0.4 is 10.0 Å². The zero-order chi connectivity index (χ0) is 14.8. The van der Waals surface area contributed by atoms with Gasteiger partial charge in [0.15, 0.2) is 0 Å². The molecule has 9 nitrogen and oxygen atoms in total. The van der Waals surface area contributed by atoms with Crippen molar-refractivity contribution < 1.29 is 13.3 Å². The SMILES string of the molecule is CNc1ccc([N+](=O)[O-])cc1S(=O)(=O)Nc1cnns1. The molecule has 0 saturated heterocycles. The number of hydrogen-bond acceptors (Lipinski definition) is 8. The van der Waals surface area contributed by atoms with Gasteiger partial charge in [-0.1, -0.05) is 4.49 Å². The summed E-state index contributed by atoms with van der Waals surface area (Å²) in [5.41, 5.74) is -0.0626. The van der Waals surface area contributed by atoms with Crippen molar-refractivity contribution in [3.05, 3.63) is 34.5 Å². The van der Waals surface area contributed by atoms with Gasteiger partial charge in [-0.15, -0.1) is 5.10 Å². The second-order valence-corrected chi connectivity index (χ2v) is 6.01. The van der Waals surface area contributed by atoms with E-state index in [1.807, 2.05) is 0 Å². The molecule has 0 radical (unpaired) electrons. The number of nitrogens with zero attached hydrogens (tertiary/aromatic N) is 3. The first kappa shape index (κ1) is 14.1. The molecular weight excluding hydrogens is 306 g/mol. The maximum atomic E-state index is 12.2. The molecule has 0 atom stereocenters. The zero-order valence-corrected chi connectivity index (χ0v) is 11.7. The van der Waals surface area contributed by atoms with Crippen LogP contribution in [0.25, 0.3) is 0 Å². The van der Waals surface area contributed by atoms with Crippen LogP contribution in [0.2, 0.25) is 0 Å². The lowest BCUT2D eigenvalue weighted by Crippen LogP contribution is -2.14. The third-order valence-corrected chi connectivity index (χ3v) is 4.45. The van der Waals surface area contributed by atoms with E-state index in [2.05, 4.69) is 19.6 Å². The Morgan fingerprint density at radius 2 is 2.15 bits per heavy atom. The molecule has 1 aromatic carbocycles. The van der Waals surface area contributed by atoms with Crippen molar-refractivity contribution in [3.63, 3.8) is 0 Å². The number of benzene rings is 1. The number of hydrogen-bond donors (Lipinski definition) is 2. The van der Waals surface area contributed by atoms with Gasteiger partial charge in [0, 0.05) is 30.7 Å². The summed E-state index contributed by atoms with van der Waals surface area (Å²) in [7, 11) is -2.45. The summed E-state index contributed by atoms with van der Waals surface area (Å²) in [5.74, 6) is 0. The van der Waals surface area contributed by atoms with Crippen LogP contribution in [0.3, 0.4) is 0 Å². The quantitative estimate of drug-likeness (QED) is 0.628. The smallest absolute Gasteiger partial charge is 0.270 e. The highest BCUT2D eigenvalue weighted by Gasteiger charge is 2.22. The second-order valence-electron chi connectivity index (χ2n) is 3.57. The molecule has 0 aliphatic heterocycles. The van der Waals surface area contributed by atoms with Crippen molar-refractivity contribution in [1.82, 2.24) is 9.59 Å². The Labute approximate surface area is 118 Å². The molecule has 2 aromatic rings. The fraction of sp³-hybridized carbons (Fsp3) is 0.111. The third kappa shape index (κ3) is 2.83. The van der Waals surface area contributed by atoms with E-state index in [0.717, 1.165) is 17.6 Å². The van der Waals surface area contributed by atoms with Crippen LogP contribution in [0.1, 0.15) is 0 Å². The van der Waals surface area contributed by atoms with E-state index in [0.29, 0.717) is 0 Å². The standard InChI is InChI=1S/C9H9N5O4S2/c1-10-7-3-2-6(14(15)16)4-8(7)20(17,18)12-9-5-11-13-19-9/h2-5,10,12H,1H3. The predicted octanol–water partition coefficient (Wildman–Crippen LogP) is 1.29. The highest BCUT2D eigenvalue weighted by Crippen LogP contribution is 2.28. The molecule has 0 spiro atoms. The molecule has 0 amide bonds. The fourth-order valence-corrected chi connectivity index (χ4v) is 3.37. The summed E-state index contributed by atoms with van der Waals surface area (Å²) >= 11 is 0.863. The minimum Gasteiger partial charge on any atom is -0.387 e. The van der Waals surface area contributed by atoms with Crippen LogP contribution in [0.4, 0.5) is 16.4 Å². The predicted molar refractivity (Wildman–Crippen MR) is 73.4 cm³/mol. The summed E-state index contributed by atoms with van der Waals surface area (Å²) in [4.78, 5) is 9.87. The normalized spacial score (nSPS) is 11.1. The Bertz CT molecular complexity index is 729. The fourth-order valence-electron chi connectivity index (χ4n) is 1.45. The Morgan fingerprint density at radius 3 is 2.70 bits per heavy atom.